The van der Waals surface area contributed by atoms with Gasteiger partial charge in [-0.2, -0.15) is 0 Å². The molecule has 0 aromatic rings. The molecule has 6 heteroatoms. The van der Waals surface area contributed by atoms with E-state index in [-0.39, 0.29) is 30.3 Å². The predicted octanol–water partition coefficient (Wildman–Crippen LogP) is 4.06. The number of fused-ring (bicyclic) bond motifs is 1. The number of carbonyl (C=O) groups excluding carboxylic acids is 2. The Labute approximate surface area is 193 Å². The van der Waals surface area contributed by atoms with Crippen LogP contribution in [-0.2, 0) is 14.3 Å². The van der Waals surface area contributed by atoms with E-state index in [0.29, 0.717) is 31.2 Å². The van der Waals surface area contributed by atoms with E-state index in [1.807, 2.05) is 6.92 Å². The van der Waals surface area contributed by atoms with Crippen LogP contribution in [0.25, 0.3) is 0 Å². The van der Waals surface area contributed by atoms with Crippen LogP contribution in [-0.4, -0.2) is 47.4 Å². The summed E-state index contributed by atoms with van der Waals surface area (Å²) in [5.41, 5.74) is 0.784. The number of rotatable bonds is 14. The number of carbonyl (C=O) groups is 2. The molecule has 2 rings (SSSR count). The average molecular weight is 450 g/mol. The van der Waals surface area contributed by atoms with E-state index in [1.54, 1.807) is 0 Å². The Balaban J connectivity index is 1.69. The Kier molecular flexibility index (Phi) is 10.9. The van der Waals surface area contributed by atoms with Gasteiger partial charge < -0.3 is 20.3 Å². The van der Waals surface area contributed by atoms with Crippen molar-refractivity contribution in [3.8, 4) is 0 Å². The summed E-state index contributed by atoms with van der Waals surface area (Å²) in [6.07, 6.45) is 15.1. The van der Waals surface area contributed by atoms with E-state index in [4.69, 9.17) is 0 Å². The highest BCUT2D eigenvalue weighted by atomic mass is 16.5. The van der Waals surface area contributed by atoms with Gasteiger partial charge in [0.25, 0.3) is 0 Å². The van der Waals surface area contributed by atoms with Crippen molar-refractivity contribution in [1.82, 2.24) is 5.32 Å². The summed E-state index contributed by atoms with van der Waals surface area (Å²) in [4.78, 5) is 22.9. The van der Waals surface area contributed by atoms with Gasteiger partial charge in [-0.1, -0.05) is 43.6 Å². The van der Waals surface area contributed by atoms with Gasteiger partial charge in [-0.15, -0.1) is 0 Å². The monoisotopic (exact) mass is 449 g/mol. The largest absolute Gasteiger partial charge is 0.469 e. The molecule has 2 aliphatic carbocycles. The Morgan fingerprint density at radius 2 is 2.06 bits per heavy atom. The maximum atomic E-state index is 11.8. The molecule has 0 aromatic heterocycles. The molecular weight excluding hydrogens is 406 g/mol. The van der Waals surface area contributed by atoms with Crippen LogP contribution in [0, 0.1) is 17.8 Å². The second-order valence-corrected chi connectivity index (χ2v) is 9.85. The maximum absolute atomic E-state index is 11.8. The molecule has 32 heavy (non-hydrogen) atoms. The van der Waals surface area contributed by atoms with Gasteiger partial charge in [-0.3, -0.25) is 9.59 Å². The van der Waals surface area contributed by atoms with Gasteiger partial charge in [0, 0.05) is 18.9 Å². The van der Waals surface area contributed by atoms with Crippen LogP contribution >= 0.6 is 0 Å². The molecule has 1 fully saturated rings. The average Bonchev–Trinajstić information content (AvgIpc) is 3.26. The SMILES string of the molecule is CCCC[C@@](C)(O)CC=C[C@@H]1[C@H]2CC(CCCCC(=O)NCCC(=O)OC)=C[C@H]2C[C@H]1O. The second-order valence-electron chi connectivity index (χ2n) is 9.85. The minimum atomic E-state index is -0.667. The van der Waals surface area contributed by atoms with Gasteiger partial charge in [0.05, 0.1) is 25.2 Å². The number of ether oxygens (including phenoxy) is 1. The second kappa shape index (κ2) is 13.1. The number of hydrogen-bond acceptors (Lipinski definition) is 5. The number of hydrogen-bond donors (Lipinski definition) is 3. The number of aliphatic hydroxyl groups is 2. The molecule has 0 unspecified atom stereocenters. The highest BCUT2D eigenvalue weighted by Crippen LogP contribution is 2.48. The molecule has 1 amide bonds. The third kappa shape index (κ3) is 8.70. The summed E-state index contributed by atoms with van der Waals surface area (Å²) in [7, 11) is 1.34. The van der Waals surface area contributed by atoms with Crippen molar-refractivity contribution in [2.24, 2.45) is 17.8 Å². The number of esters is 1. The van der Waals surface area contributed by atoms with Gasteiger partial charge in [-0.25, -0.2) is 0 Å². The van der Waals surface area contributed by atoms with Gasteiger partial charge in [-0.05, 0) is 63.7 Å². The lowest BCUT2D eigenvalue weighted by Crippen LogP contribution is -2.25. The maximum Gasteiger partial charge on any atom is 0.307 e. The van der Waals surface area contributed by atoms with Crippen molar-refractivity contribution < 1.29 is 24.5 Å². The van der Waals surface area contributed by atoms with E-state index in [9.17, 15) is 19.8 Å². The van der Waals surface area contributed by atoms with Gasteiger partial charge >= 0.3 is 5.97 Å². The highest BCUT2D eigenvalue weighted by Gasteiger charge is 2.43. The van der Waals surface area contributed by atoms with Crippen molar-refractivity contribution in [3.63, 3.8) is 0 Å². The van der Waals surface area contributed by atoms with E-state index >= 15 is 0 Å². The van der Waals surface area contributed by atoms with Crippen LogP contribution in [0.4, 0.5) is 0 Å². The van der Waals surface area contributed by atoms with Crippen LogP contribution in [0.3, 0.4) is 0 Å². The first kappa shape index (κ1) is 26.6. The van der Waals surface area contributed by atoms with Gasteiger partial charge in [0.2, 0.25) is 5.91 Å². The topological polar surface area (TPSA) is 95.9 Å². The number of allylic oxidation sites excluding steroid dienone is 2. The zero-order chi connectivity index (χ0) is 23.6. The van der Waals surface area contributed by atoms with Crippen LogP contribution in [0.2, 0.25) is 0 Å². The lowest BCUT2D eigenvalue weighted by atomic mass is 9.87. The Morgan fingerprint density at radius 3 is 2.78 bits per heavy atom. The van der Waals surface area contributed by atoms with E-state index in [0.717, 1.165) is 51.4 Å². The third-order valence-corrected chi connectivity index (χ3v) is 6.97. The fraction of sp³-hybridized carbons (Fsp3) is 0.769. The summed E-state index contributed by atoms with van der Waals surface area (Å²) in [5, 5.41) is 23.8. The Morgan fingerprint density at radius 1 is 1.28 bits per heavy atom. The minimum absolute atomic E-state index is 0.0192. The van der Waals surface area contributed by atoms with E-state index < -0.39 is 5.60 Å². The zero-order valence-corrected chi connectivity index (χ0v) is 20.1. The van der Waals surface area contributed by atoms with Crippen LogP contribution in [0.15, 0.2) is 23.8 Å². The lowest BCUT2D eigenvalue weighted by molar-refractivity contribution is -0.140. The van der Waals surface area contributed by atoms with Crippen molar-refractivity contribution in [2.45, 2.75) is 96.2 Å². The number of methoxy groups -OCH3 is 1. The molecule has 0 spiro atoms. The van der Waals surface area contributed by atoms with E-state index in [1.165, 1.54) is 12.7 Å². The normalized spacial score (nSPS) is 26.6. The van der Waals surface area contributed by atoms with E-state index in [2.05, 4.69) is 35.2 Å². The molecule has 0 aliphatic heterocycles. The first-order valence-electron chi connectivity index (χ1n) is 12.4. The first-order chi connectivity index (χ1) is 15.3. The molecule has 6 nitrogen and oxygen atoms in total. The molecule has 0 aromatic carbocycles. The molecule has 0 radical (unpaired) electrons. The molecular formula is C26H43NO5. The Hall–Kier alpha value is -1.66. The molecule has 1 saturated carbocycles. The molecule has 0 saturated heterocycles. The fourth-order valence-corrected chi connectivity index (χ4v) is 5.06. The third-order valence-electron chi connectivity index (χ3n) is 6.97. The highest BCUT2D eigenvalue weighted by molar-refractivity contribution is 5.76. The number of unbranched alkanes of at least 4 members (excludes halogenated alkanes) is 2. The van der Waals surface area contributed by atoms with Crippen molar-refractivity contribution in [1.29, 1.82) is 0 Å². The number of aliphatic hydroxyl groups excluding tert-OH is 1. The first-order valence-corrected chi connectivity index (χ1v) is 12.4. The van der Waals surface area contributed by atoms with Gasteiger partial charge in [0.1, 0.15) is 0 Å². The number of nitrogens with one attached hydrogen (secondary N) is 1. The van der Waals surface area contributed by atoms with Crippen molar-refractivity contribution in [2.75, 3.05) is 13.7 Å². The molecule has 5 atom stereocenters. The van der Waals surface area contributed by atoms with Crippen LogP contribution in [0.5, 0.6) is 0 Å². The zero-order valence-electron chi connectivity index (χ0n) is 20.1. The summed E-state index contributed by atoms with van der Waals surface area (Å²) < 4.78 is 4.56. The van der Waals surface area contributed by atoms with Crippen LogP contribution < -0.4 is 5.32 Å². The van der Waals surface area contributed by atoms with Crippen LogP contribution in [0.1, 0.15) is 84.5 Å². The van der Waals surface area contributed by atoms with Crippen molar-refractivity contribution >= 4 is 11.9 Å². The van der Waals surface area contributed by atoms with Gasteiger partial charge in [0.15, 0.2) is 0 Å². The predicted molar refractivity (Wildman–Crippen MR) is 126 cm³/mol. The molecule has 3 N–H and O–H groups in total. The fourth-order valence-electron chi connectivity index (χ4n) is 5.06. The lowest BCUT2D eigenvalue weighted by Gasteiger charge is -2.22. The molecule has 182 valence electrons. The summed E-state index contributed by atoms with van der Waals surface area (Å²) in [5.74, 6) is 0.727. The Bertz CT molecular complexity index is 669. The summed E-state index contributed by atoms with van der Waals surface area (Å²) in [6, 6.07) is 0. The number of amides is 1. The standard InChI is InChI=1S/C26H43NO5/c1-4-5-13-26(2,31)14-8-10-21-22-17-19(16-20(22)18-23(21)28)9-6-7-11-24(29)27-15-12-25(30)32-3/h8,10,16,20-23,28,31H,4-7,9,11-15,17-18H2,1-3H3,(H,27,29)/t20-,21+,22-,23+,26+/m0/s1. The molecule has 0 heterocycles. The summed E-state index contributed by atoms with van der Waals surface area (Å²) in [6.45, 7) is 4.36. The summed E-state index contributed by atoms with van der Waals surface area (Å²) >= 11 is 0. The smallest absolute Gasteiger partial charge is 0.307 e. The minimum Gasteiger partial charge on any atom is -0.469 e. The molecule has 2 aliphatic rings. The molecule has 0 bridgehead atoms. The van der Waals surface area contributed by atoms with Crippen molar-refractivity contribution in [3.05, 3.63) is 23.8 Å². The quantitative estimate of drug-likeness (QED) is 0.211.